The van der Waals surface area contributed by atoms with Gasteiger partial charge in [0.15, 0.2) is 0 Å². The number of carbonyl (C=O) groups excluding carboxylic acids is 1. The number of hydrogen-bond donors (Lipinski definition) is 4. The second-order valence-electron chi connectivity index (χ2n) is 7.11. The van der Waals surface area contributed by atoms with Crippen molar-refractivity contribution < 1.29 is 10.1 Å². The van der Waals surface area contributed by atoms with Gasteiger partial charge in [0.05, 0.1) is 11.1 Å². The third-order valence-corrected chi connectivity index (χ3v) is 3.94. The topological polar surface area (TPSA) is 95.6 Å². The molecule has 0 radical (unpaired) electrons. The van der Waals surface area contributed by atoms with Gasteiger partial charge in [0.25, 0.3) is 0 Å². The number of primary amides is 1. The monoisotopic (exact) mass is 351 g/mol. The van der Waals surface area contributed by atoms with Crippen LogP contribution in [0.5, 0.6) is 0 Å². The number of nitrogens with two attached hydrogens (primary N) is 2. The molecule has 132 valence electrons. The third kappa shape index (κ3) is 5.98. The molecule has 1 atom stereocenters. The Labute approximate surface area is 149 Å². The van der Waals surface area contributed by atoms with Crippen LogP contribution in [0.15, 0.2) is 18.3 Å². The molecule has 1 aromatic rings. The van der Waals surface area contributed by atoms with Crippen LogP contribution in [0.25, 0.3) is 5.57 Å². The van der Waals surface area contributed by atoms with Crippen LogP contribution < -0.4 is 16.4 Å². The third-order valence-electron chi connectivity index (χ3n) is 3.53. The highest BCUT2D eigenvalue weighted by atomic mass is 35.5. The van der Waals surface area contributed by atoms with Gasteiger partial charge in [-0.05, 0) is 46.2 Å². The largest absolute Gasteiger partial charge is 0.381 e. The maximum absolute atomic E-state index is 11.1. The van der Waals surface area contributed by atoms with E-state index in [0.717, 1.165) is 22.4 Å². The molecule has 0 saturated carbocycles. The molecule has 0 aliphatic rings. The lowest BCUT2D eigenvalue weighted by molar-refractivity contribution is -0.656. The molecule has 0 spiro atoms. The number of allylic oxidation sites excluding steroid dienone is 1. The highest BCUT2D eigenvalue weighted by molar-refractivity contribution is 6.32. The molecule has 1 aromatic carbocycles. The minimum absolute atomic E-state index is 0.0165. The van der Waals surface area contributed by atoms with Crippen LogP contribution in [0.4, 0.5) is 5.69 Å². The standard InChI is InChI=1S/C18H27ClN4O/c1-11(8-16(21)24)23-17-12(2)15(19)7-6-14(17)13(9-20)10-22-18(3,4)5/h6-7,9-11,20,22-23H,8H2,1-5H3,(H2,21,24)/p+1. The lowest BCUT2D eigenvalue weighted by Gasteiger charge is -2.21. The molecule has 0 aromatic heterocycles. The van der Waals surface area contributed by atoms with Crippen LogP contribution in [0.2, 0.25) is 5.02 Å². The zero-order valence-corrected chi connectivity index (χ0v) is 15.8. The smallest absolute Gasteiger partial charge is 0.219 e. The first-order chi connectivity index (χ1) is 11.0. The quantitative estimate of drug-likeness (QED) is 0.568. The van der Waals surface area contributed by atoms with Crippen molar-refractivity contribution in [3.63, 3.8) is 0 Å². The normalized spacial score (nSPS) is 13.5. The molecular formula is C18H28ClN4O+. The number of halogens is 1. The summed E-state index contributed by atoms with van der Waals surface area (Å²) in [5, 5.41) is 13.8. The van der Waals surface area contributed by atoms with E-state index in [1.165, 1.54) is 6.21 Å². The number of anilines is 1. The van der Waals surface area contributed by atoms with Gasteiger partial charge in [0, 0.05) is 35.0 Å². The van der Waals surface area contributed by atoms with E-state index in [2.05, 4.69) is 31.4 Å². The molecule has 5 nitrogen and oxygen atoms in total. The second kappa shape index (κ2) is 8.31. The van der Waals surface area contributed by atoms with Gasteiger partial charge in [-0.2, -0.15) is 0 Å². The Balaban J connectivity index is 3.29. The summed E-state index contributed by atoms with van der Waals surface area (Å²) in [6.45, 7) is 10.1. The summed E-state index contributed by atoms with van der Waals surface area (Å²) >= 11 is 6.26. The van der Waals surface area contributed by atoms with Gasteiger partial charge >= 0.3 is 0 Å². The predicted octanol–water partition coefficient (Wildman–Crippen LogP) is 2.68. The molecule has 1 unspecified atom stereocenters. The van der Waals surface area contributed by atoms with Crippen molar-refractivity contribution >= 4 is 35.0 Å². The average molecular weight is 352 g/mol. The van der Waals surface area contributed by atoms with Gasteiger partial charge in [-0.25, -0.2) is 0 Å². The molecule has 1 rings (SSSR count). The van der Waals surface area contributed by atoms with E-state index < -0.39 is 0 Å². The zero-order chi connectivity index (χ0) is 18.5. The van der Waals surface area contributed by atoms with Crippen molar-refractivity contribution in [3.8, 4) is 0 Å². The highest BCUT2D eigenvalue weighted by Gasteiger charge is 2.17. The molecule has 0 bridgehead atoms. The molecule has 6 N–H and O–H groups in total. The van der Waals surface area contributed by atoms with E-state index in [1.54, 1.807) is 0 Å². The van der Waals surface area contributed by atoms with E-state index in [0.29, 0.717) is 5.02 Å². The first-order valence-electron chi connectivity index (χ1n) is 7.96. The summed E-state index contributed by atoms with van der Waals surface area (Å²) < 4.78 is 0. The SMILES string of the molecule is Cc1c(Cl)ccc(C(C=N)=C[NH2+]C(C)(C)C)c1NC(C)CC(N)=O. The lowest BCUT2D eigenvalue weighted by Crippen LogP contribution is -2.89. The predicted molar refractivity (Wildman–Crippen MR) is 102 cm³/mol. The Kier molecular flexibility index (Phi) is 6.99. The molecule has 0 fully saturated rings. The van der Waals surface area contributed by atoms with E-state index in [1.807, 2.05) is 32.2 Å². The minimum atomic E-state index is -0.361. The van der Waals surface area contributed by atoms with Crippen LogP contribution in [0.3, 0.4) is 0 Å². The van der Waals surface area contributed by atoms with Crippen molar-refractivity contribution in [1.82, 2.24) is 0 Å². The van der Waals surface area contributed by atoms with E-state index in [9.17, 15) is 4.79 Å². The van der Waals surface area contributed by atoms with Crippen molar-refractivity contribution in [2.45, 2.75) is 52.6 Å². The van der Waals surface area contributed by atoms with Crippen molar-refractivity contribution in [3.05, 3.63) is 34.5 Å². The van der Waals surface area contributed by atoms with Gasteiger partial charge in [-0.15, -0.1) is 0 Å². The number of benzene rings is 1. The van der Waals surface area contributed by atoms with Gasteiger partial charge in [-0.1, -0.05) is 17.7 Å². The minimum Gasteiger partial charge on any atom is -0.381 e. The second-order valence-corrected chi connectivity index (χ2v) is 7.52. The molecule has 0 saturated heterocycles. The molecule has 24 heavy (non-hydrogen) atoms. The Morgan fingerprint density at radius 3 is 2.58 bits per heavy atom. The molecule has 1 amide bonds. The average Bonchev–Trinajstić information content (AvgIpc) is 2.44. The Morgan fingerprint density at radius 1 is 1.46 bits per heavy atom. The summed E-state index contributed by atoms with van der Waals surface area (Å²) in [4.78, 5) is 11.1. The molecule has 0 aliphatic heterocycles. The number of quaternary nitrogens is 1. The van der Waals surface area contributed by atoms with Crippen LogP contribution in [0.1, 0.15) is 45.2 Å². The fourth-order valence-corrected chi connectivity index (χ4v) is 2.42. The first kappa shape index (κ1) is 20.2. The maximum atomic E-state index is 11.1. The number of rotatable bonds is 7. The summed E-state index contributed by atoms with van der Waals surface area (Å²) in [6.07, 6.45) is 3.50. The fraction of sp³-hybridized carbons (Fsp3) is 0.444. The Hall–Kier alpha value is -1.85. The summed E-state index contributed by atoms with van der Waals surface area (Å²) in [5.74, 6) is -0.361. The van der Waals surface area contributed by atoms with Crippen LogP contribution in [-0.4, -0.2) is 23.7 Å². The number of amides is 1. The maximum Gasteiger partial charge on any atom is 0.219 e. The van der Waals surface area contributed by atoms with Crippen LogP contribution in [-0.2, 0) is 4.79 Å². The molecule has 6 heteroatoms. The number of carbonyl (C=O) groups is 1. The summed E-state index contributed by atoms with van der Waals surface area (Å²) in [6, 6.07) is 3.59. The molecular weight excluding hydrogens is 324 g/mol. The molecule has 0 heterocycles. The van der Waals surface area contributed by atoms with E-state index in [-0.39, 0.29) is 23.9 Å². The van der Waals surface area contributed by atoms with Gasteiger partial charge < -0.3 is 21.8 Å². The lowest BCUT2D eigenvalue weighted by atomic mass is 10.00. The van der Waals surface area contributed by atoms with Crippen molar-refractivity contribution in [2.75, 3.05) is 5.32 Å². The van der Waals surface area contributed by atoms with Crippen LogP contribution >= 0.6 is 11.6 Å². The van der Waals surface area contributed by atoms with Crippen molar-refractivity contribution in [1.29, 1.82) is 5.41 Å². The van der Waals surface area contributed by atoms with E-state index >= 15 is 0 Å². The Morgan fingerprint density at radius 2 is 2.08 bits per heavy atom. The van der Waals surface area contributed by atoms with Gasteiger partial charge in [-0.3, -0.25) is 4.79 Å². The van der Waals surface area contributed by atoms with E-state index in [4.69, 9.17) is 22.7 Å². The first-order valence-corrected chi connectivity index (χ1v) is 8.34. The fourth-order valence-electron chi connectivity index (χ4n) is 2.27. The number of hydrogen-bond acceptors (Lipinski definition) is 3. The van der Waals surface area contributed by atoms with Gasteiger partial charge in [0.1, 0.15) is 6.20 Å². The van der Waals surface area contributed by atoms with Gasteiger partial charge in [0.2, 0.25) is 5.91 Å². The summed E-state index contributed by atoms with van der Waals surface area (Å²) in [5.41, 5.74) is 8.66. The Bertz CT molecular complexity index is 647. The zero-order valence-electron chi connectivity index (χ0n) is 15.0. The van der Waals surface area contributed by atoms with Crippen molar-refractivity contribution in [2.24, 2.45) is 5.73 Å². The highest BCUT2D eigenvalue weighted by Crippen LogP contribution is 2.32. The summed E-state index contributed by atoms with van der Waals surface area (Å²) in [7, 11) is 0. The number of nitrogens with one attached hydrogen (secondary N) is 2. The molecule has 0 aliphatic carbocycles. The van der Waals surface area contributed by atoms with Crippen LogP contribution in [0, 0.1) is 12.3 Å².